The van der Waals surface area contributed by atoms with Gasteiger partial charge in [0.15, 0.2) is 0 Å². The maximum absolute atomic E-state index is 13.4. The van der Waals surface area contributed by atoms with E-state index in [9.17, 15) is 4.39 Å². The van der Waals surface area contributed by atoms with E-state index in [1.165, 1.54) is 0 Å². The molecule has 0 spiro atoms. The van der Waals surface area contributed by atoms with Crippen molar-refractivity contribution >= 4 is 0 Å². The van der Waals surface area contributed by atoms with Crippen molar-refractivity contribution in [1.82, 2.24) is 0 Å². The van der Waals surface area contributed by atoms with Gasteiger partial charge in [0.25, 0.3) is 0 Å². The Morgan fingerprint density at radius 2 is 1.86 bits per heavy atom. The Kier molecular flexibility index (Phi) is 3.27. The molecule has 0 heterocycles. The number of hydrogen-bond donors (Lipinski definition) is 1. The number of rotatable bonds is 2. The van der Waals surface area contributed by atoms with Crippen LogP contribution >= 0.6 is 0 Å². The summed E-state index contributed by atoms with van der Waals surface area (Å²) in [5.41, 5.74) is 1.47. The normalized spacial score (nSPS) is 14.1. The fourth-order valence-electron chi connectivity index (χ4n) is 1.55. The molecule has 0 radical (unpaired) electrons. The van der Waals surface area contributed by atoms with Crippen LogP contribution in [0.5, 0.6) is 0 Å². The molecule has 0 amide bonds. The average molecular weight is 196 g/mol. The van der Waals surface area contributed by atoms with Gasteiger partial charge in [0.2, 0.25) is 0 Å². The van der Waals surface area contributed by atoms with Crippen molar-refractivity contribution in [3.05, 3.63) is 35.4 Å². The summed E-state index contributed by atoms with van der Waals surface area (Å²) in [6.45, 7) is 5.66. The van der Waals surface area contributed by atoms with Crippen LogP contribution in [0.2, 0.25) is 0 Å². The molecule has 0 bridgehead atoms. The molecule has 1 nitrogen and oxygen atoms in total. The topological polar surface area (TPSA) is 20.2 Å². The molecule has 2 heteroatoms. The van der Waals surface area contributed by atoms with Gasteiger partial charge in [-0.05, 0) is 16.5 Å². The molecule has 1 aromatic rings. The van der Waals surface area contributed by atoms with Gasteiger partial charge in [-0.15, -0.1) is 0 Å². The monoisotopic (exact) mass is 196 g/mol. The highest BCUT2D eigenvalue weighted by molar-refractivity contribution is 5.34. The van der Waals surface area contributed by atoms with E-state index in [1.807, 2.05) is 32.9 Å². The van der Waals surface area contributed by atoms with Crippen LogP contribution < -0.4 is 0 Å². The van der Waals surface area contributed by atoms with Crippen LogP contribution in [0.3, 0.4) is 0 Å². The number of hydrogen-bond acceptors (Lipinski definition) is 1. The van der Waals surface area contributed by atoms with Crippen molar-refractivity contribution in [3.8, 4) is 0 Å². The third-order valence-corrected chi connectivity index (χ3v) is 2.27. The largest absolute Gasteiger partial charge is 0.393 e. The second kappa shape index (κ2) is 4.09. The molecule has 1 N–H and O–H groups in total. The van der Waals surface area contributed by atoms with Crippen LogP contribution in [0, 0.1) is 0 Å². The fourth-order valence-corrected chi connectivity index (χ4v) is 1.55. The SMILES string of the molecule is CC(C)(C)c1ccccc1C(F)CO. The van der Waals surface area contributed by atoms with E-state index in [4.69, 9.17) is 5.11 Å². The van der Waals surface area contributed by atoms with Gasteiger partial charge < -0.3 is 5.11 Å². The Morgan fingerprint density at radius 1 is 1.29 bits per heavy atom. The fraction of sp³-hybridized carbons (Fsp3) is 0.500. The lowest BCUT2D eigenvalue weighted by atomic mass is 9.83. The molecule has 0 saturated heterocycles. The van der Waals surface area contributed by atoms with E-state index in [1.54, 1.807) is 12.1 Å². The minimum atomic E-state index is -1.27. The quantitative estimate of drug-likeness (QED) is 0.771. The van der Waals surface area contributed by atoms with Gasteiger partial charge in [0.05, 0.1) is 6.61 Å². The highest BCUT2D eigenvalue weighted by atomic mass is 19.1. The molecule has 78 valence electrons. The maximum Gasteiger partial charge on any atom is 0.148 e. The van der Waals surface area contributed by atoms with Gasteiger partial charge in [-0.2, -0.15) is 0 Å². The van der Waals surface area contributed by atoms with Crippen molar-refractivity contribution in [3.63, 3.8) is 0 Å². The number of aliphatic hydroxyl groups is 1. The van der Waals surface area contributed by atoms with Crippen molar-refractivity contribution in [2.24, 2.45) is 0 Å². The molecule has 0 fully saturated rings. The van der Waals surface area contributed by atoms with Gasteiger partial charge >= 0.3 is 0 Å². The van der Waals surface area contributed by atoms with Crippen molar-refractivity contribution in [1.29, 1.82) is 0 Å². The second-order valence-corrected chi connectivity index (χ2v) is 4.49. The van der Waals surface area contributed by atoms with E-state index < -0.39 is 12.8 Å². The lowest BCUT2D eigenvalue weighted by molar-refractivity contribution is 0.178. The summed E-state index contributed by atoms with van der Waals surface area (Å²) >= 11 is 0. The third kappa shape index (κ3) is 2.32. The molecule has 0 saturated carbocycles. The van der Waals surface area contributed by atoms with Gasteiger partial charge in [-0.3, -0.25) is 0 Å². The molecule has 1 atom stereocenters. The highest BCUT2D eigenvalue weighted by Gasteiger charge is 2.21. The third-order valence-electron chi connectivity index (χ3n) is 2.27. The molecule has 0 aliphatic rings. The summed E-state index contributed by atoms with van der Waals surface area (Å²) in [7, 11) is 0. The van der Waals surface area contributed by atoms with Crippen LogP contribution in [0.25, 0.3) is 0 Å². The van der Waals surface area contributed by atoms with Crippen LogP contribution in [0.1, 0.15) is 38.1 Å². The van der Waals surface area contributed by atoms with Crippen molar-refractivity contribution in [2.45, 2.75) is 32.4 Å². The van der Waals surface area contributed by atoms with Crippen molar-refractivity contribution in [2.75, 3.05) is 6.61 Å². The van der Waals surface area contributed by atoms with Crippen molar-refractivity contribution < 1.29 is 9.50 Å². The molecule has 1 rings (SSSR count). The van der Waals surface area contributed by atoms with Gasteiger partial charge in [0, 0.05) is 0 Å². The number of aliphatic hydroxyl groups excluding tert-OH is 1. The summed E-state index contributed by atoms with van der Waals surface area (Å²) in [6, 6.07) is 7.35. The Bertz CT molecular complexity index is 301. The first-order valence-corrected chi connectivity index (χ1v) is 4.81. The zero-order valence-corrected chi connectivity index (χ0v) is 8.92. The predicted molar refractivity (Wildman–Crippen MR) is 56.1 cm³/mol. The predicted octanol–water partition coefficient (Wildman–Crippen LogP) is 2.99. The van der Waals surface area contributed by atoms with E-state index in [0.29, 0.717) is 5.56 Å². The van der Waals surface area contributed by atoms with E-state index in [-0.39, 0.29) is 5.41 Å². The first-order valence-electron chi connectivity index (χ1n) is 4.81. The van der Waals surface area contributed by atoms with Gasteiger partial charge in [-0.1, -0.05) is 45.0 Å². The van der Waals surface area contributed by atoms with Crippen LogP contribution in [-0.4, -0.2) is 11.7 Å². The lowest BCUT2D eigenvalue weighted by Crippen LogP contribution is -2.15. The van der Waals surface area contributed by atoms with E-state index >= 15 is 0 Å². The Balaban J connectivity index is 3.16. The van der Waals surface area contributed by atoms with Crippen LogP contribution in [0.15, 0.2) is 24.3 Å². The average Bonchev–Trinajstić information content (AvgIpc) is 2.15. The highest BCUT2D eigenvalue weighted by Crippen LogP contribution is 2.30. The van der Waals surface area contributed by atoms with E-state index in [2.05, 4.69) is 0 Å². The van der Waals surface area contributed by atoms with E-state index in [0.717, 1.165) is 5.56 Å². The standard InChI is InChI=1S/C12H17FO/c1-12(2,3)10-7-5-4-6-9(10)11(13)8-14/h4-7,11,14H,8H2,1-3H3. The van der Waals surface area contributed by atoms with Gasteiger partial charge in [0.1, 0.15) is 6.17 Å². The molecular formula is C12H17FO. The minimum absolute atomic E-state index is 0.0872. The summed E-state index contributed by atoms with van der Waals surface area (Å²) < 4.78 is 13.4. The Labute approximate surface area is 84.6 Å². The van der Waals surface area contributed by atoms with Crippen LogP contribution in [-0.2, 0) is 5.41 Å². The summed E-state index contributed by atoms with van der Waals surface area (Å²) in [5, 5.41) is 8.80. The Hall–Kier alpha value is -0.890. The zero-order valence-electron chi connectivity index (χ0n) is 8.92. The molecule has 0 aliphatic heterocycles. The molecular weight excluding hydrogens is 179 g/mol. The second-order valence-electron chi connectivity index (χ2n) is 4.49. The molecule has 14 heavy (non-hydrogen) atoms. The Morgan fingerprint density at radius 3 is 2.36 bits per heavy atom. The zero-order chi connectivity index (χ0) is 10.8. The molecule has 0 aliphatic carbocycles. The van der Waals surface area contributed by atoms with Gasteiger partial charge in [-0.25, -0.2) is 4.39 Å². The smallest absolute Gasteiger partial charge is 0.148 e. The number of halogens is 1. The number of benzene rings is 1. The molecule has 1 unspecified atom stereocenters. The van der Waals surface area contributed by atoms with Crippen LogP contribution in [0.4, 0.5) is 4.39 Å². The molecule has 1 aromatic carbocycles. The minimum Gasteiger partial charge on any atom is -0.393 e. The summed E-state index contributed by atoms with van der Waals surface area (Å²) in [4.78, 5) is 0. The maximum atomic E-state index is 13.4. The first-order chi connectivity index (χ1) is 6.46. The summed E-state index contributed by atoms with van der Waals surface area (Å²) in [5.74, 6) is 0. The number of alkyl halides is 1. The lowest BCUT2D eigenvalue weighted by Gasteiger charge is -2.23. The summed E-state index contributed by atoms with van der Waals surface area (Å²) in [6.07, 6.45) is -1.27. The molecule has 0 aromatic heterocycles. The first kappa shape index (κ1) is 11.2.